The number of sulfone groups is 1. The van der Waals surface area contributed by atoms with Crippen LogP contribution in [-0.4, -0.2) is 70.8 Å². The van der Waals surface area contributed by atoms with Crippen LogP contribution in [-0.2, 0) is 9.84 Å². The van der Waals surface area contributed by atoms with Crippen molar-refractivity contribution in [1.29, 1.82) is 0 Å². The highest BCUT2D eigenvalue weighted by Crippen LogP contribution is 2.43. The van der Waals surface area contributed by atoms with Crippen molar-refractivity contribution in [2.45, 2.75) is 43.1 Å². The van der Waals surface area contributed by atoms with Crippen molar-refractivity contribution in [3.8, 4) is 11.1 Å². The van der Waals surface area contributed by atoms with Crippen LogP contribution in [0, 0.1) is 5.92 Å². The highest BCUT2D eigenvalue weighted by molar-refractivity contribution is 7.91. The third kappa shape index (κ3) is 5.94. The number of hydrogen-bond acceptors (Lipinski definition) is 6. The first-order chi connectivity index (χ1) is 18.2. The highest BCUT2D eigenvalue weighted by Gasteiger charge is 2.38. The predicted molar refractivity (Wildman–Crippen MR) is 150 cm³/mol. The van der Waals surface area contributed by atoms with E-state index in [0.717, 1.165) is 17.7 Å². The molecule has 2 N–H and O–H groups in total. The van der Waals surface area contributed by atoms with E-state index in [1.165, 1.54) is 30.2 Å². The van der Waals surface area contributed by atoms with Gasteiger partial charge in [0.05, 0.1) is 17.9 Å². The normalized spacial score (nSPS) is 22.2. The first-order valence-electron chi connectivity index (χ1n) is 13.3. The maximum absolute atomic E-state index is 11.6. The lowest BCUT2D eigenvalue weighted by atomic mass is 9.71. The van der Waals surface area contributed by atoms with Crippen molar-refractivity contribution in [3.05, 3.63) is 84.0 Å². The van der Waals surface area contributed by atoms with Gasteiger partial charge in [-0.15, -0.1) is 0 Å². The van der Waals surface area contributed by atoms with Crippen molar-refractivity contribution in [2.75, 3.05) is 32.5 Å². The predicted octanol–water partition coefficient (Wildman–Crippen LogP) is 4.07. The largest absolute Gasteiger partial charge is 0.394 e. The number of aromatic nitrogens is 2. The molecule has 202 valence electrons. The van der Waals surface area contributed by atoms with E-state index in [1.807, 2.05) is 12.2 Å². The second-order valence-electron chi connectivity index (χ2n) is 10.9. The van der Waals surface area contributed by atoms with Gasteiger partial charge in [-0.05, 0) is 53.9 Å². The molecule has 0 bridgehead atoms. The first-order valence-corrected chi connectivity index (χ1v) is 15.3. The molecule has 1 aliphatic carbocycles. The van der Waals surface area contributed by atoms with Crippen LogP contribution in [0.3, 0.4) is 0 Å². The van der Waals surface area contributed by atoms with Gasteiger partial charge in [0.2, 0.25) is 0 Å². The van der Waals surface area contributed by atoms with Crippen LogP contribution in [0.15, 0.2) is 67.0 Å². The number of hydrogen-bond donors (Lipinski definition) is 2. The maximum Gasteiger partial charge on any atom is 0.152 e. The van der Waals surface area contributed by atoms with Gasteiger partial charge in [0, 0.05) is 38.3 Å². The van der Waals surface area contributed by atoms with Gasteiger partial charge < -0.3 is 19.7 Å². The highest BCUT2D eigenvalue weighted by atomic mass is 32.2. The molecule has 0 radical (unpaired) electrons. The Morgan fingerprint density at radius 1 is 1.05 bits per heavy atom. The summed E-state index contributed by atoms with van der Waals surface area (Å²) in [7, 11) is -2.89. The zero-order chi connectivity index (χ0) is 26.9. The Morgan fingerprint density at radius 2 is 1.68 bits per heavy atom. The van der Waals surface area contributed by atoms with E-state index in [2.05, 4.69) is 58.4 Å². The lowest BCUT2D eigenvalue weighted by Gasteiger charge is -2.44. The number of benzene rings is 2. The minimum absolute atomic E-state index is 0.0827. The summed E-state index contributed by atoms with van der Waals surface area (Å²) in [4.78, 5) is 6.47. The molecule has 2 aromatic carbocycles. The number of imidazole rings is 1. The van der Waals surface area contributed by atoms with E-state index in [0.29, 0.717) is 30.7 Å². The zero-order valence-corrected chi connectivity index (χ0v) is 22.8. The van der Waals surface area contributed by atoms with Crippen LogP contribution in [0.4, 0.5) is 0 Å². The fourth-order valence-electron chi connectivity index (χ4n) is 5.59. The van der Waals surface area contributed by atoms with Crippen molar-refractivity contribution in [2.24, 2.45) is 5.92 Å². The van der Waals surface area contributed by atoms with Crippen LogP contribution in [0.25, 0.3) is 17.2 Å². The minimum atomic E-state index is -2.89. The topological polar surface area (TPSA) is 95.7 Å². The summed E-state index contributed by atoms with van der Waals surface area (Å²) < 4.78 is 25.0. The second-order valence-corrected chi connectivity index (χ2v) is 13.3. The molecule has 2 heterocycles. The summed E-state index contributed by atoms with van der Waals surface area (Å²) in [6, 6.07) is 16.9. The van der Waals surface area contributed by atoms with E-state index in [1.54, 1.807) is 23.9 Å². The zero-order valence-electron chi connectivity index (χ0n) is 22.0. The molecule has 1 saturated heterocycles. The van der Waals surface area contributed by atoms with E-state index < -0.39 is 15.9 Å². The molecule has 2 aliphatic rings. The summed E-state index contributed by atoms with van der Waals surface area (Å²) in [6.07, 6.45) is 10.3. The molecule has 7 nitrogen and oxygen atoms in total. The summed E-state index contributed by atoms with van der Waals surface area (Å²) in [5.41, 5.74) is 4.75. The Kier molecular flexibility index (Phi) is 7.86. The molecule has 5 rings (SSSR count). The van der Waals surface area contributed by atoms with E-state index in [4.69, 9.17) is 0 Å². The van der Waals surface area contributed by atoms with Crippen molar-refractivity contribution in [1.82, 2.24) is 14.5 Å². The van der Waals surface area contributed by atoms with Gasteiger partial charge in [0.1, 0.15) is 11.9 Å². The average Bonchev–Trinajstić information content (AvgIpc) is 3.32. The van der Waals surface area contributed by atoms with Crippen molar-refractivity contribution < 1.29 is 18.6 Å². The summed E-state index contributed by atoms with van der Waals surface area (Å²) in [5.74, 6) is 1.79. The quantitative estimate of drug-likeness (QED) is 0.406. The molecule has 0 unspecified atom stereocenters. The van der Waals surface area contributed by atoms with Gasteiger partial charge in [-0.3, -0.25) is 0 Å². The number of rotatable bonds is 10. The van der Waals surface area contributed by atoms with Gasteiger partial charge in [0.25, 0.3) is 0 Å². The lowest BCUT2D eigenvalue weighted by Crippen LogP contribution is -2.56. The lowest BCUT2D eigenvalue weighted by molar-refractivity contribution is 0.112. The molecule has 3 aromatic rings. The Bertz CT molecular complexity index is 1350. The number of likely N-dealkylation sites (tertiary alicyclic amines) is 1. The van der Waals surface area contributed by atoms with Crippen LogP contribution in [0.1, 0.15) is 54.8 Å². The van der Waals surface area contributed by atoms with Crippen LogP contribution in [0.2, 0.25) is 0 Å². The number of aliphatic hydroxyl groups excluding tert-OH is 2. The molecule has 1 aromatic heterocycles. The SMILES string of the molecule is C[C@H](O)c1nccn1[C@@H](/C=C/c1ccc(-c2ccc(C3CC(CN4CC(S(C)(=O)=O)C4)C3)cc2)cc1)CO. The summed E-state index contributed by atoms with van der Waals surface area (Å²) in [6.45, 7) is 3.99. The number of aliphatic hydroxyl groups is 2. The van der Waals surface area contributed by atoms with Crippen molar-refractivity contribution in [3.63, 3.8) is 0 Å². The summed E-state index contributed by atoms with van der Waals surface area (Å²) >= 11 is 0. The van der Waals surface area contributed by atoms with Gasteiger partial charge in [-0.25, -0.2) is 13.4 Å². The van der Waals surface area contributed by atoms with Crippen LogP contribution in [0.5, 0.6) is 0 Å². The molecular weight excluding hydrogens is 498 g/mol. The molecule has 1 aliphatic heterocycles. The van der Waals surface area contributed by atoms with E-state index in [9.17, 15) is 18.6 Å². The van der Waals surface area contributed by atoms with E-state index >= 15 is 0 Å². The molecule has 8 heteroatoms. The van der Waals surface area contributed by atoms with E-state index in [-0.39, 0.29) is 17.9 Å². The molecule has 1 saturated carbocycles. The minimum Gasteiger partial charge on any atom is -0.394 e. The summed E-state index contributed by atoms with van der Waals surface area (Å²) in [5, 5.41) is 19.6. The fraction of sp³-hybridized carbons (Fsp3) is 0.433. The monoisotopic (exact) mass is 535 g/mol. The van der Waals surface area contributed by atoms with Gasteiger partial charge >= 0.3 is 0 Å². The fourth-order valence-corrected chi connectivity index (χ4v) is 6.55. The smallest absolute Gasteiger partial charge is 0.152 e. The Hall–Kier alpha value is -2.78. The Balaban J connectivity index is 1.13. The van der Waals surface area contributed by atoms with Gasteiger partial charge in [-0.1, -0.05) is 60.7 Å². The van der Waals surface area contributed by atoms with Gasteiger partial charge in [-0.2, -0.15) is 0 Å². The third-order valence-electron chi connectivity index (χ3n) is 8.03. The standard InChI is InChI=1S/C30H37N3O4S/c1-21(35)30-31-13-14-33(30)28(20-34)12-5-22-3-6-24(7-4-22)25-8-10-26(11-9-25)27-15-23(16-27)17-32-18-29(19-32)38(2,36)37/h3-14,21,23,27-29,34-35H,15-20H2,1-2H3/b12-5+/t21-,23?,27?,28-/m0/s1. The Morgan fingerprint density at radius 3 is 2.26 bits per heavy atom. The molecule has 38 heavy (non-hydrogen) atoms. The molecule has 2 fully saturated rings. The number of nitrogens with zero attached hydrogens (tertiary/aromatic N) is 3. The maximum atomic E-state index is 11.6. The molecule has 0 amide bonds. The van der Waals surface area contributed by atoms with Crippen LogP contribution < -0.4 is 0 Å². The average molecular weight is 536 g/mol. The van der Waals surface area contributed by atoms with Crippen LogP contribution >= 0.6 is 0 Å². The molecule has 2 atom stereocenters. The molecule has 0 spiro atoms. The Labute approximate surface area is 225 Å². The molecular formula is C30H37N3O4S. The van der Waals surface area contributed by atoms with Gasteiger partial charge in [0.15, 0.2) is 9.84 Å². The third-order valence-corrected chi connectivity index (χ3v) is 9.54. The first kappa shape index (κ1) is 26.8. The second kappa shape index (κ2) is 11.1. The van der Waals surface area contributed by atoms with Crippen molar-refractivity contribution >= 4 is 15.9 Å².